The molecule has 0 aromatic rings. The van der Waals surface area contributed by atoms with Gasteiger partial charge in [-0.05, 0) is 27.7 Å². The van der Waals surface area contributed by atoms with Crippen molar-refractivity contribution in [3.63, 3.8) is 0 Å². The molecule has 0 bridgehead atoms. The number of likely N-dealkylation sites (N-methyl/N-ethyl adjacent to an activating group) is 1. The van der Waals surface area contributed by atoms with Crippen molar-refractivity contribution >= 4 is 36.0 Å². The molecule has 1 rings (SSSR count). The number of nitrogens with zero attached hydrogens (tertiary/aromatic N) is 3. The molecular formula is C17H36IN5O3. The number of aliphatic imine (C=N–C) groups is 1. The maximum absolute atomic E-state index is 11.9. The Bertz CT molecular complexity index is 423. The van der Waals surface area contributed by atoms with Crippen LogP contribution in [-0.4, -0.2) is 93.5 Å². The normalized spacial score (nSPS) is 15.8. The first-order valence-corrected chi connectivity index (χ1v) is 9.08. The van der Waals surface area contributed by atoms with Crippen LogP contribution in [-0.2, 0) is 9.47 Å². The maximum atomic E-state index is 11.9. The molecule has 1 saturated heterocycles. The minimum atomic E-state index is -0.478. The molecule has 0 aliphatic carbocycles. The van der Waals surface area contributed by atoms with E-state index in [1.807, 2.05) is 27.7 Å². The first-order valence-electron chi connectivity index (χ1n) is 9.08. The second-order valence-electron chi connectivity index (χ2n) is 7.04. The van der Waals surface area contributed by atoms with Gasteiger partial charge in [0, 0.05) is 46.3 Å². The first kappa shape index (κ1) is 25.2. The van der Waals surface area contributed by atoms with E-state index < -0.39 is 5.60 Å². The van der Waals surface area contributed by atoms with Gasteiger partial charge in [0.1, 0.15) is 5.60 Å². The SMILES string of the molecule is CCNC(=NCCN1CCOCC1)NCCN(C)C(=O)OC(C)(C)C.I. The second kappa shape index (κ2) is 13.4. The van der Waals surface area contributed by atoms with Gasteiger partial charge in [0.2, 0.25) is 0 Å². The van der Waals surface area contributed by atoms with Crippen LogP contribution in [0.4, 0.5) is 4.79 Å². The minimum Gasteiger partial charge on any atom is -0.444 e. The number of carbonyl (C=O) groups excluding carboxylic acids is 1. The Morgan fingerprint density at radius 3 is 2.50 bits per heavy atom. The average Bonchev–Trinajstić information content (AvgIpc) is 2.54. The van der Waals surface area contributed by atoms with Crippen LogP contribution < -0.4 is 10.6 Å². The zero-order chi connectivity index (χ0) is 18.7. The molecule has 0 aromatic heterocycles. The summed E-state index contributed by atoms with van der Waals surface area (Å²) in [6, 6.07) is 0. The lowest BCUT2D eigenvalue weighted by molar-refractivity contribution is 0.0302. The molecule has 26 heavy (non-hydrogen) atoms. The van der Waals surface area contributed by atoms with Gasteiger partial charge in [-0.25, -0.2) is 4.79 Å². The molecule has 9 heteroatoms. The van der Waals surface area contributed by atoms with Gasteiger partial charge in [0.15, 0.2) is 5.96 Å². The van der Waals surface area contributed by atoms with Crippen LogP contribution in [0.3, 0.4) is 0 Å². The highest BCUT2D eigenvalue weighted by Crippen LogP contribution is 2.08. The highest BCUT2D eigenvalue weighted by atomic mass is 127. The lowest BCUT2D eigenvalue weighted by Crippen LogP contribution is -2.43. The van der Waals surface area contributed by atoms with E-state index in [0.29, 0.717) is 13.1 Å². The van der Waals surface area contributed by atoms with Crippen LogP contribution in [0, 0.1) is 0 Å². The number of ether oxygens (including phenoxy) is 2. The highest BCUT2D eigenvalue weighted by Gasteiger charge is 2.19. The number of hydrogen-bond acceptors (Lipinski definition) is 5. The predicted molar refractivity (Wildman–Crippen MR) is 116 cm³/mol. The molecule has 1 aliphatic rings. The molecule has 2 N–H and O–H groups in total. The van der Waals surface area contributed by atoms with Crippen LogP contribution in [0.5, 0.6) is 0 Å². The van der Waals surface area contributed by atoms with E-state index in [4.69, 9.17) is 9.47 Å². The Hall–Kier alpha value is -0.810. The zero-order valence-electron chi connectivity index (χ0n) is 16.8. The van der Waals surface area contributed by atoms with E-state index in [1.165, 1.54) is 0 Å². The second-order valence-corrected chi connectivity index (χ2v) is 7.04. The Morgan fingerprint density at radius 1 is 1.27 bits per heavy atom. The summed E-state index contributed by atoms with van der Waals surface area (Å²) in [5, 5.41) is 6.48. The van der Waals surface area contributed by atoms with E-state index in [2.05, 4.69) is 20.5 Å². The Labute approximate surface area is 175 Å². The molecule has 1 heterocycles. The van der Waals surface area contributed by atoms with E-state index in [0.717, 1.165) is 51.9 Å². The van der Waals surface area contributed by atoms with E-state index in [9.17, 15) is 4.79 Å². The molecular weight excluding hydrogens is 449 g/mol. The van der Waals surface area contributed by atoms with Gasteiger partial charge >= 0.3 is 6.09 Å². The number of guanidine groups is 1. The lowest BCUT2D eigenvalue weighted by atomic mass is 10.2. The Kier molecular flexibility index (Phi) is 13.0. The maximum Gasteiger partial charge on any atom is 0.410 e. The number of halogens is 1. The summed E-state index contributed by atoms with van der Waals surface area (Å²) in [7, 11) is 1.73. The summed E-state index contributed by atoms with van der Waals surface area (Å²) < 4.78 is 10.7. The molecule has 0 atom stereocenters. The third-order valence-corrected chi connectivity index (χ3v) is 3.58. The van der Waals surface area contributed by atoms with E-state index in [-0.39, 0.29) is 30.1 Å². The smallest absolute Gasteiger partial charge is 0.410 e. The average molecular weight is 485 g/mol. The minimum absolute atomic E-state index is 0. The molecule has 0 spiro atoms. The van der Waals surface area contributed by atoms with Crippen LogP contribution in [0.15, 0.2) is 4.99 Å². The standard InChI is InChI=1S/C17H35N5O3.HI/c1-6-18-15(20-8-10-22-11-13-24-14-12-22)19-7-9-21(5)16(23)25-17(2,3)4;/h6-14H2,1-5H3,(H2,18,19,20);1H. The molecule has 0 saturated carbocycles. The summed E-state index contributed by atoms with van der Waals surface area (Å²) in [5.41, 5.74) is -0.478. The van der Waals surface area contributed by atoms with Crippen molar-refractivity contribution in [2.24, 2.45) is 4.99 Å². The van der Waals surface area contributed by atoms with Crippen LogP contribution >= 0.6 is 24.0 Å². The number of rotatable bonds is 7. The van der Waals surface area contributed by atoms with Crippen molar-refractivity contribution in [2.75, 3.05) is 66.1 Å². The van der Waals surface area contributed by atoms with Gasteiger partial charge in [-0.2, -0.15) is 0 Å². The summed E-state index contributed by atoms with van der Waals surface area (Å²) in [6.45, 7) is 14.8. The number of hydrogen-bond donors (Lipinski definition) is 2. The van der Waals surface area contributed by atoms with Crippen LogP contribution in [0.1, 0.15) is 27.7 Å². The molecule has 0 aromatic carbocycles. The summed E-state index contributed by atoms with van der Waals surface area (Å²) in [5.74, 6) is 0.772. The Morgan fingerprint density at radius 2 is 1.92 bits per heavy atom. The van der Waals surface area contributed by atoms with Gasteiger partial charge in [0.25, 0.3) is 0 Å². The molecule has 8 nitrogen and oxygen atoms in total. The zero-order valence-corrected chi connectivity index (χ0v) is 19.2. The number of nitrogens with one attached hydrogen (secondary N) is 2. The van der Waals surface area contributed by atoms with Gasteiger partial charge in [-0.1, -0.05) is 0 Å². The monoisotopic (exact) mass is 485 g/mol. The largest absolute Gasteiger partial charge is 0.444 e. The molecule has 1 amide bonds. The van der Waals surface area contributed by atoms with Crippen molar-refractivity contribution in [3.8, 4) is 0 Å². The molecule has 0 unspecified atom stereocenters. The van der Waals surface area contributed by atoms with E-state index in [1.54, 1.807) is 11.9 Å². The topological polar surface area (TPSA) is 78.4 Å². The van der Waals surface area contributed by atoms with Crippen molar-refractivity contribution in [1.29, 1.82) is 0 Å². The van der Waals surface area contributed by atoms with E-state index >= 15 is 0 Å². The predicted octanol–water partition coefficient (Wildman–Crippen LogP) is 1.36. The Balaban J connectivity index is 0.00000625. The van der Waals surface area contributed by atoms with Crippen molar-refractivity contribution in [3.05, 3.63) is 0 Å². The fraction of sp³-hybridized carbons (Fsp3) is 0.882. The number of carbonyl (C=O) groups is 1. The van der Waals surface area contributed by atoms with Gasteiger partial charge in [-0.3, -0.25) is 9.89 Å². The molecule has 1 aliphatic heterocycles. The molecule has 0 radical (unpaired) electrons. The summed E-state index contributed by atoms with van der Waals surface area (Å²) >= 11 is 0. The molecule has 1 fully saturated rings. The number of amides is 1. The van der Waals surface area contributed by atoms with Crippen molar-refractivity contribution in [2.45, 2.75) is 33.3 Å². The molecule has 154 valence electrons. The van der Waals surface area contributed by atoms with Gasteiger partial charge < -0.3 is 25.0 Å². The van der Waals surface area contributed by atoms with Crippen LogP contribution in [0.25, 0.3) is 0 Å². The van der Waals surface area contributed by atoms with Gasteiger partial charge in [-0.15, -0.1) is 24.0 Å². The third-order valence-electron chi connectivity index (χ3n) is 3.58. The highest BCUT2D eigenvalue weighted by molar-refractivity contribution is 14.0. The fourth-order valence-corrected chi connectivity index (χ4v) is 2.24. The lowest BCUT2D eigenvalue weighted by Gasteiger charge is -2.26. The van der Waals surface area contributed by atoms with Crippen molar-refractivity contribution < 1.29 is 14.3 Å². The third kappa shape index (κ3) is 11.7. The van der Waals surface area contributed by atoms with Crippen molar-refractivity contribution in [1.82, 2.24) is 20.4 Å². The summed E-state index contributed by atoms with van der Waals surface area (Å²) in [4.78, 5) is 20.4. The van der Waals surface area contributed by atoms with Crippen LogP contribution in [0.2, 0.25) is 0 Å². The quantitative estimate of drug-likeness (QED) is 0.322. The van der Waals surface area contributed by atoms with Gasteiger partial charge in [0.05, 0.1) is 19.8 Å². The number of morpholine rings is 1. The fourth-order valence-electron chi connectivity index (χ4n) is 2.24. The summed E-state index contributed by atoms with van der Waals surface area (Å²) in [6.07, 6.45) is -0.316. The first-order chi connectivity index (χ1) is 11.8.